The summed E-state index contributed by atoms with van der Waals surface area (Å²) in [5, 5.41) is 7.00. The molecule has 0 spiro atoms. The second-order valence-electron chi connectivity index (χ2n) is 1.79. The number of nitrogens with zero attached hydrogens (tertiary/aromatic N) is 1. The first kappa shape index (κ1) is 10.0. The Labute approximate surface area is 65.7 Å². The van der Waals surface area contributed by atoms with E-state index in [0.717, 1.165) is 7.11 Å². The van der Waals surface area contributed by atoms with Crippen molar-refractivity contribution in [2.45, 2.75) is 13.3 Å². The van der Waals surface area contributed by atoms with Crippen molar-refractivity contribution < 1.29 is 9.50 Å². The number of pyridine rings is 1. The minimum atomic E-state index is -0.208. The highest BCUT2D eigenvalue weighted by molar-refractivity contribution is 5.06. The molecule has 1 heterocycles. The molecule has 3 heteroatoms. The van der Waals surface area contributed by atoms with Crippen molar-refractivity contribution in [2.24, 2.45) is 0 Å². The number of aryl methyl sites for hydroxylation is 1. The van der Waals surface area contributed by atoms with Crippen molar-refractivity contribution in [1.29, 1.82) is 0 Å². The molecule has 0 aliphatic carbocycles. The van der Waals surface area contributed by atoms with Crippen molar-refractivity contribution in [3.63, 3.8) is 0 Å². The van der Waals surface area contributed by atoms with Gasteiger partial charge in [0.05, 0.1) is 5.69 Å². The first-order chi connectivity index (χ1) is 5.34. The average molecular weight is 157 g/mol. The standard InChI is InChI=1S/C7H8FN.CH4O/c1-2-7-6(8)4-3-5-9-7;1-2/h3-5H,2H2,1H3;2H,1H3. The molecule has 0 fully saturated rings. The van der Waals surface area contributed by atoms with Gasteiger partial charge in [-0.3, -0.25) is 4.98 Å². The maximum absolute atomic E-state index is 12.5. The van der Waals surface area contributed by atoms with Gasteiger partial charge in [0.25, 0.3) is 0 Å². The molecule has 0 atom stereocenters. The Morgan fingerprint density at radius 2 is 2.18 bits per heavy atom. The van der Waals surface area contributed by atoms with Gasteiger partial charge in [0.1, 0.15) is 5.82 Å². The highest BCUT2D eigenvalue weighted by Crippen LogP contribution is 2.01. The van der Waals surface area contributed by atoms with Crippen LogP contribution in [0.1, 0.15) is 12.6 Å². The van der Waals surface area contributed by atoms with Gasteiger partial charge >= 0.3 is 0 Å². The monoisotopic (exact) mass is 157 g/mol. The van der Waals surface area contributed by atoms with E-state index in [0.29, 0.717) is 12.1 Å². The summed E-state index contributed by atoms with van der Waals surface area (Å²) in [5.74, 6) is -0.208. The second-order valence-corrected chi connectivity index (χ2v) is 1.79. The summed E-state index contributed by atoms with van der Waals surface area (Å²) in [6.07, 6.45) is 2.26. The van der Waals surface area contributed by atoms with Crippen LogP contribution in [-0.2, 0) is 6.42 Å². The van der Waals surface area contributed by atoms with Crippen LogP contribution in [0.5, 0.6) is 0 Å². The lowest BCUT2D eigenvalue weighted by atomic mass is 10.3. The maximum atomic E-state index is 12.5. The molecule has 62 valence electrons. The Balaban J connectivity index is 0.000000461. The summed E-state index contributed by atoms with van der Waals surface area (Å²) in [7, 11) is 1.00. The number of rotatable bonds is 1. The van der Waals surface area contributed by atoms with Crippen molar-refractivity contribution in [2.75, 3.05) is 7.11 Å². The SMILES string of the molecule is CCc1ncccc1F.CO. The minimum Gasteiger partial charge on any atom is -0.400 e. The lowest BCUT2D eigenvalue weighted by molar-refractivity contribution is 0.399. The summed E-state index contributed by atoms with van der Waals surface area (Å²) >= 11 is 0. The Hall–Kier alpha value is -0.960. The van der Waals surface area contributed by atoms with E-state index < -0.39 is 0 Å². The molecule has 0 radical (unpaired) electrons. The van der Waals surface area contributed by atoms with Crippen LogP contribution in [-0.4, -0.2) is 17.2 Å². The topological polar surface area (TPSA) is 33.1 Å². The average Bonchev–Trinajstić information content (AvgIpc) is 2.09. The third kappa shape index (κ3) is 3.09. The molecule has 0 saturated carbocycles. The van der Waals surface area contributed by atoms with Gasteiger partial charge in [-0.1, -0.05) is 6.92 Å². The van der Waals surface area contributed by atoms with Crippen molar-refractivity contribution in [1.82, 2.24) is 4.98 Å². The molecule has 1 aromatic heterocycles. The van der Waals surface area contributed by atoms with E-state index in [9.17, 15) is 4.39 Å². The second kappa shape index (κ2) is 5.80. The predicted octanol–water partition coefficient (Wildman–Crippen LogP) is 1.39. The molecule has 2 nitrogen and oxygen atoms in total. The number of hydrogen-bond donors (Lipinski definition) is 1. The van der Waals surface area contributed by atoms with Gasteiger partial charge in [-0.2, -0.15) is 0 Å². The van der Waals surface area contributed by atoms with E-state index >= 15 is 0 Å². The van der Waals surface area contributed by atoms with Gasteiger partial charge in [-0.25, -0.2) is 4.39 Å². The normalized spacial score (nSPS) is 8.36. The van der Waals surface area contributed by atoms with Crippen LogP contribution >= 0.6 is 0 Å². The summed E-state index contributed by atoms with van der Waals surface area (Å²) in [6.45, 7) is 1.88. The summed E-state index contributed by atoms with van der Waals surface area (Å²) in [6, 6.07) is 3.01. The van der Waals surface area contributed by atoms with E-state index in [2.05, 4.69) is 4.98 Å². The molecule has 11 heavy (non-hydrogen) atoms. The number of aromatic nitrogens is 1. The highest BCUT2D eigenvalue weighted by Gasteiger charge is 1.95. The molecule has 1 rings (SSSR count). The molecule has 0 aliphatic heterocycles. The zero-order valence-electron chi connectivity index (χ0n) is 6.71. The van der Waals surface area contributed by atoms with E-state index in [1.165, 1.54) is 6.07 Å². The third-order valence-electron chi connectivity index (χ3n) is 1.17. The minimum absolute atomic E-state index is 0.208. The molecule has 0 saturated heterocycles. The number of aliphatic hydroxyl groups is 1. The largest absolute Gasteiger partial charge is 0.400 e. The van der Waals surface area contributed by atoms with Crippen LogP contribution in [0.15, 0.2) is 18.3 Å². The molecular weight excluding hydrogens is 145 g/mol. The van der Waals surface area contributed by atoms with Crippen LogP contribution in [0.25, 0.3) is 0 Å². The zero-order chi connectivity index (χ0) is 8.69. The fraction of sp³-hybridized carbons (Fsp3) is 0.375. The van der Waals surface area contributed by atoms with Gasteiger partial charge < -0.3 is 5.11 Å². The lowest BCUT2D eigenvalue weighted by Gasteiger charge is -1.93. The van der Waals surface area contributed by atoms with E-state index in [1.54, 1.807) is 12.3 Å². The van der Waals surface area contributed by atoms with E-state index in [1.807, 2.05) is 6.92 Å². The Kier molecular flexibility index (Phi) is 5.29. The van der Waals surface area contributed by atoms with Gasteiger partial charge in [0, 0.05) is 13.3 Å². The first-order valence-corrected chi connectivity index (χ1v) is 3.38. The predicted molar refractivity (Wildman–Crippen MR) is 41.7 cm³/mol. The van der Waals surface area contributed by atoms with Gasteiger partial charge in [0.15, 0.2) is 0 Å². The quantitative estimate of drug-likeness (QED) is 0.668. The molecule has 0 aliphatic rings. The third-order valence-corrected chi connectivity index (χ3v) is 1.17. The van der Waals surface area contributed by atoms with Gasteiger partial charge in [-0.15, -0.1) is 0 Å². The highest BCUT2D eigenvalue weighted by atomic mass is 19.1. The summed E-state index contributed by atoms with van der Waals surface area (Å²) < 4.78 is 12.5. The van der Waals surface area contributed by atoms with Crippen molar-refractivity contribution in [3.8, 4) is 0 Å². The molecule has 0 unspecified atom stereocenters. The van der Waals surface area contributed by atoms with Gasteiger partial charge in [0.2, 0.25) is 0 Å². The van der Waals surface area contributed by atoms with Crippen molar-refractivity contribution in [3.05, 3.63) is 29.8 Å². The molecular formula is C8H12FNO. The van der Waals surface area contributed by atoms with Crippen LogP contribution in [0.2, 0.25) is 0 Å². The van der Waals surface area contributed by atoms with E-state index in [4.69, 9.17) is 5.11 Å². The van der Waals surface area contributed by atoms with Crippen LogP contribution in [0, 0.1) is 5.82 Å². The van der Waals surface area contributed by atoms with Crippen molar-refractivity contribution >= 4 is 0 Å². The number of hydrogen-bond acceptors (Lipinski definition) is 2. The van der Waals surface area contributed by atoms with Gasteiger partial charge in [-0.05, 0) is 18.6 Å². The zero-order valence-corrected chi connectivity index (χ0v) is 6.71. The van der Waals surface area contributed by atoms with Crippen LogP contribution < -0.4 is 0 Å². The van der Waals surface area contributed by atoms with Crippen LogP contribution in [0.4, 0.5) is 4.39 Å². The number of halogens is 1. The number of aliphatic hydroxyl groups excluding tert-OH is 1. The smallest absolute Gasteiger partial charge is 0.144 e. The molecule has 1 N–H and O–H groups in total. The molecule has 0 bridgehead atoms. The Bertz CT molecular complexity index is 203. The molecule has 1 aromatic rings. The lowest BCUT2D eigenvalue weighted by Crippen LogP contribution is -1.89. The Morgan fingerprint density at radius 1 is 1.55 bits per heavy atom. The van der Waals surface area contributed by atoms with E-state index in [-0.39, 0.29) is 5.82 Å². The molecule has 0 amide bonds. The summed E-state index contributed by atoms with van der Waals surface area (Å²) in [4.78, 5) is 3.82. The first-order valence-electron chi connectivity index (χ1n) is 3.38. The fourth-order valence-corrected chi connectivity index (χ4v) is 0.679. The maximum Gasteiger partial charge on any atom is 0.144 e. The molecule has 0 aromatic carbocycles. The summed E-state index contributed by atoms with van der Waals surface area (Å²) in [5.41, 5.74) is 0.539. The fourth-order valence-electron chi connectivity index (χ4n) is 0.679. The Morgan fingerprint density at radius 3 is 2.55 bits per heavy atom. The van der Waals surface area contributed by atoms with Crippen LogP contribution in [0.3, 0.4) is 0 Å².